The monoisotopic (exact) mass is 241 g/mol. The summed E-state index contributed by atoms with van der Waals surface area (Å²) >= 11 is 0. The van der Waals surface area contributed by atoms with E-state index in [9.17, 15) is 4.79 Å². The largest absolute Gasteiger partial charge is 0.303 e. The molecule has 0 radical (unpaired) electrons. The smallest absolute Gasteiger partial charge is 0.129 e. The van der Waals surface area contributed by atoms with Crippen LogP contribution in [-0.2, 0) is 4.79 Å². The lowest BCUT2D eigenvalue weighted by molar-refractivity contribution is -0.117. The number of nitrogens with zero attached hydrogens (tertiary/aromatic N) is 1. The van der Waals surface area contributed by atoms with Crippen LogP contribution in [0.5, 0.6) is 0 Å². The topological polar surface area (TPSA) is 20.3 Å². The standard InChI is InChI=1S/C15H31NO/c1-4-6-12-16(13-7-5-2)14-10-8-9-11-15(3)17/h4-14H2,1-3H3. The zero-order chi connectivity index (χ0) is 12.9. The van der Waals surface area contributed by atoms with E-state index in [2.05, 4.69) is 18.7 Å². The van der Waals surface area contributed by atoms with Crippen LogP contribution in [0.4, 0.5) is 0 Å². The van der Waals surface area contributed by atoms with E-state index >= 15 is 0 Å². The molecular formula is C15H31NO. The van der Waals surface area contributed by atoms with Crippen molar-refractivity contribution >= 4 is 5.78 Å². The Labute approximate surface area is 108 Å². The van der Waals surface area contributed by atoms with Gasteiger partial charge in [-0.05, 0) is 52.2 Å². The van der Waals surface area contributed by atoms with Crippen LogP contribution in [0.15, 0.2) is 0 Å². The lowest BCUT2D eigenvalue weighted by atomic mass is 10.1. The van der Waals surface area contributed by atoms with Crippen molar-refractivity contribution in [1.82, 2.24) is 4.90 Å². The first-order valence-electron chi connectivity index (χ1n) is 7.42. The second-order valence-electron chi connectivity index (χ2n) is 5.06. The van der Waals surface area contributed by atoms with Gasteiger partial charge in [0.1, 0.15) is 5.78 Å². The average molecular weight is 241 g/mol. The Morgan fingerprint density at radius 3 is 1.82 bits per heavy atom. The highest BCUT2D eigenvalue weighted by atomic mass is 16.1. The van der Waals surface area contributed by atoms with Gasteiger partial charge in [-0.3, -0.25) is 0 Å². The summed E-state index contributed by atoms with van der Waals surface area (Å²) in [4.78, 5) is 13.4. The molecule has 0 aromatic carbocycles. The molecule has 0 rings (SSSR count). The van der Waals surface area contributed by atoms with Gasteiger partial charge >= 0.3 is 0 Å². The van der Waals surface area contributed by atoms with Crippen LogP contribution in [0.1, 0.15) is 72.1 Å². The average Bonchev–Trinajstić information content (AvgIpc) is 2.30. The van der Waals surface area contributed by atoms with E-state index in [1.165, 1.54) is 58.2 Å². The minimum Gasteiger partial charge on any atom is -0.303 e. The Kier molecular flexibility index (Phi) is 11.8. The summed E-state index contributed by atoms with van der Waals surface area (Å²) in [5.74, 6) is 0.332. The molecule has 0 aliphatic rings. The fourth-order valence-electron chi connectivity index (χ4n) is 1.98. The first-order chi connectivity index (χ1) is 8.20. The van der Waals surface area contributed by atoms with E-state index in [0.717, 1.165) is 12.8 Å². The van der Waals surface area contributed by atoms with Crippen molar-refractivity contribution in [2.75, 3.05) is 19.6 Å². The molecule has 0 aromatic heterocycles. The maximum atomic E-state index is 10.8. The Morgan fingerprint density at radius 2 is 1.35 bits per heavy atom. The van der Waals surface area contributed by atoms with Crippen LogP contribution < -0.4 is 0 Å². The maximum Gasteiger partial charge on any atom is 0.129 e. The van der Waals surface area contributed by atoms with Crippen LogP contribution >= 0.6 is 0 Å². The molecule has 102 valence electrons. The normalized spacial score (nSPS) is 11.1. The van der Waals surface area contributed by atoms with Crippen molar-refractivity contribution in [2.24, 2.45) is 0 Å². The summed E-state index contributed by atoms with van der Waals surface area (Å²) in [6.45, 7) is 9.93. The van der Waals surface area contributed by atoms with E-state index in [0.29, 0.717) is 5.78 Å². The molecule has 17 heavy (non-hydrogen) atoms. The Balaban J connectivity index is 3.55. The number of ketones is 1. The summed E-state index contributed by atoms with van der Waals surface area (Å²) in [5.41, 5.74) is 0. The number of unbranched alkanes of at least 4 members (excludes halogenated alkanes) is 4. The molecule has 0 spiro atoms. The van der Waals surface area contributed by atoms with Crippen LogP contribution in [-0.4, -0.2) is 30.3 Å². The summed E-state index contributed by atoms with van der Waals surface area (Å²) in [7, 11) is 0. The molecule has 0 saturated carbocycles. The summed E-state index contributed by atoms with van der Waals surface area (Å²) in [6, 6.07) is 0. The summed E-state index contributed by atoms with van der Waals surface area (Å²) in [5, 5.41) is 0. The number of hydrogen-bond donors (Lipinski definition) is 0. The van der Waals surface area contributed by atoms with Gasteiger partial charge in [-0.2, -0.15) is 0 Å². The van der Waals surface area contributed by atoms with Crippen LogP contribution in [0, 0.1) is 0 Å². The number of Topliss-reactive ketones (excluding diaryl/α,β-unsaturated/α-hetero) is 1. The van der Waals surface area contributed by atoms with Crippen molar-refractivity contribution in [1.29, 1.82) is 0 Å². The van der Waals surface area contributed by atoms with Crippen molar-refractivity contribution in [3.05, 3.63) is 0 Å². The minimum absolute atomic E-state index is 0.332. The van der Waals surface area contributed by atoms with Crippen molar-refractivity contribution in [3.63, 3.8) is 0 Å². The second-order valence-corrected chi connectivity index (χ2v) is 5.06. The molecular weight excluding hydrogens is 210 g/mol. The third-order valence-corrected chi connectivity index (χ3v) is 3.16. The van der Waals surface area contributed by atoms with E-state index in [1.807, 2.05) is 0 Å². The van der Waals surface area contributed by atoms with Crippen molar-refractivity contribution in [2.45, 2.75) is 72.1 Å². The zero-order valence-corrected chi connectivity index (χ0v) is 12.1. The Hall–Kier alpha value is -0.370. The lowest BCUT2D eigenvalue weighted by Crippen LogP contribution is -2.27. The van der Waals surface area contributed by atoms with Gasteiger partial charge in [0, 0.05) is 6.42 Å². The third-order valence-electron chi connectivity index (χ3n) is 3.16. The predicted molar refractivity (Wildman–Crippen MR) is 75.4 cm³/mol. The molecule has 0 N–H and O–H groups in total. The number of carbonyl (C=O) groups is 1. The van der Waals surface area contributed by atoms with Crippen LogP contribution in [0.3, 0.4) is 0 Å². The predicted octanol–water partition coefficient (Wildman–Crippen LogP) is 4.04. The zero-order valence-electron chi connectivity index (χ0n) is 12.1. The molecule has 0 unspecified atom stereocenters. The number of rotatable bonds is 12. The highest BCUT2D eigenvalue weighted by molar-refractivity contribution is 5.75. The Bertz CT molecular complexity index is 172. The molecule has 0 saturated heterocycles. The molecule has 0 fully saturated rings. The van der Waals surface area contributed by atoms with Crippen molar-refractivity contribution in [3.8, 4) is 0 Å². The fraction of sp³-hybridized carbons (Fsp3) is 0.933. The molecule has 0 heterocycles. The van der Waals surface area contributed by atoms with Gasteiger partial charge in [-0.1, -0.05) is 33.1 Å². The van der Waals surface area contributed by atoms with Gasteiger partial charge in [0.2, 0.25) is 0 Å². The van der Waals surface area contributed by atoms with Gasteiger partial charge < -0.3 is 9.69 Å². The second kappa shape index (κ2) is 12.1. The van der Waals surface area contributed by atoms with Gasteiger partial charge in [-0.25, -0.2) is 0 Å². The van der Waals surface area contributed by atoms with E-state index < -0.39 is 0 Å². The summed E-state index contributed by atoms with van der Waals surface area (Å²) < 4.78 is 0. The SMILES string of the molecule is CCCCN(CCCC)CCCCCC(C)=O. The molecule has 2 heteroatoms. The van der Waals surface area contributed by atoms with E-state index in [4.69, 9.17) is 0 Å². The Morgan fingerprint density at radius 1 is 0.824 bits per heavy atom. The van der Waals surface area contributed by atoms with Crippen LogP contribution in [0.25, 0.3) is 0 Å². The number of hydrogen-bond acceptors (Lipinski definition) is 2. The first-order valence-corrected chi connectivity index (χ1v) is 7.42. The van der Waals surface area contributed by atoms with Gasteiger partial charge in [0.25, 0.3) is 0 Å². The third kappa shape index (κ3) is 11.9. The van der Waals surface area contributed by atoms with Gasteiger partial charge in [0.15, 0.2) is 0 Å². The van der Waals surface area contributed by atoms with E-state index in [1.54, 1.807) is 6.92 Å². The first kappa shape index (κ1) is 16.6. The highest BCUT2D eigenvalue weighted by Gasteiger charge is 2.03. The fourth-order valence-corrected chi connectivity index (χ4v) is 1.98. The van der Waals surface area contributed by atoms with Crippen molar-refractivity contribution < 1.29 is 4.79 Å². The number of carbonyl (C=O) groups excluding carboxylic acids is 1. The minimum atomic E-state index is 0.332. The highest BCUT2D eigenvalue weighted by Crippen LogP contribution is 2.05. The maximum absolute atomic E-state index is 10.8. The summed E-state index contributed by atoms with van der Waals surface area (Å²) in [6.07, 6.45) is 9.50. The molecule has 0 aliphatic carbocycles. The van der Waals surface area contributed by atoms with Gasteiger partial charge in [-0.15, -0.1) is 0 Å². The molecule has 0 aromatic rings. The van der Waals surface area contributed by atoms with Crippen LogP contribution in [0.2, 0.25) is 0 Å². The molecule has 0 bridgehead atoms. The quantitative estimate of drug-likeness (QED) is 0.481. The van der Waals surface area contributed by atoms with Gasteiger partial charge in [0.05, 0.1) is 0 Å². The van der Waals surface area contributed by atoms with E-state index in [-0.39, 0.29) is 0 Å². The molecule has 2 nitrogen and oxygen atoms in total. The molecule has 0 atom stereocenters. The molecule has 0 amide bonds. The molecule has 0 aliphatic heterocycles. The lowest BCUT2D eigenvalue weighted by Gasteiger charge is -2.21.